The van der Waals surface area contributed by atoms with Gasteiger partial charge in [0.1, 0.15) is 11.6 Å². The number of amides is 1. The predicted octanol–water partition coefficient (Wildman–Crippen LogP) is 2.09. The molecule has 0 bridgehead atoms. The number of ether oxygens (including phenoxy) is 2. The first-order valence-corrected chi connectivity index (χ1v) is 7.68. The number of carbonyl (C=O) groups is 1. The smallest absolute Gasteiger partial charge is 0.240 e. The van der Waals surface area contributed by atoms with Crippen molar-refractivity contribution in [1.29, 1.82) is 0 Å². The molecule has 1 aromatic carbocycles. The summed E-state index contributed by atoms with van der Waals surface area (Å²) in [5, 5.41) is 2.99. The molecule has 1 amide bonds. The van der Waals surface area contributed by atoms with E-state index in [-0.39, 0.29) is 30.2 Å². The lowest BCUT2D eigenvalue weighted by molar-refractivity contribution is -0.130. The Hall–Kier alpha value is -1.37. The summed E-state index contributed by atoms with van der Waals surface area (Å²) in [7, 11) is 0. The number of fused-ring (bicyclic) bond motifs is 1. The Bertz CT molecular complexity index is 564. The van der Waals surface area contributed by atoms with Crippen molar-refractivity contribution in [1.82, 2.24) is 5.32 Å². The maximum Gasteiger partial charge on any atom is 0.240 e. The third kappa shape index (κ3) is 3.94. The highest BCUT2D eigenvalue weighted by Gasteiger charge is 2.37. The molecule has 7 heteroatoms. The lowest BCUT2D eigenvalue weighted by atomic mass is 9.89. The van der Waals surface area contributed by atoms with E-state index in [2.05, 4.69) is 5.32 Å². The fourth-order valence-corrected chi connectivity index (χ4v) is 2.96. The fraction of sp³-hybridized carbons (Fsp3) is 0.562. The minimum atomic E-state index is -0.904. The molecular formula is C16H22ClFN2O3. The summed E-state index contributed by atoms with van der Waals surface area (Å²) >= 11 is 0. The van der Waals surface area contributed by atoms with Gasteiger partial charge in [-0.2, -0.15) is 0 Å². The molecule has 5 nitrogen and oxygen atoms in total. The molecule has 1 atom stereocenters. The first kappa shape index (κ1) is 18.0. The summed E-state index contributed by atoms with van der Waals surface area (Å²) in [5.74, 6) is 0.0946. The van der Waals surface area contributed by atoms with E-state index < -0.39 is 5.54 Å². The molecule has 1 saturated heterocycles. The first-order valence-electron chi connectivity index (χ1n) is 7.68. The van der Waals surface area contributed by atoms with Gasteiger partial charge in [-0.15, -0.1) is 12.4 Å². The Balaban J connectivity index is 0.00000192. The average Bonchev–Trinajstić information content (AvgIpc) is 2.70. The van der Waals surface area contributed by atoms with Crippen LogP contribution in [0.5, 0.6) is 5.75 Å². The van der Waals surface area contributed by atoms with Crippen molar-refractivity contribution in [2.45, 2.75) is 37.3 Å². The van der Waals surface area contributed by atoms with Gasteiger partial charge in [-0.05, 0) is 43.9 Å². The van der Waals surface area contributed by atoms with Crippen molar-refractivity contribution in [2.75, 3.05) is 19.8 Å². The van der Waals surface area contributed by atoms with E-state index in [0.717, 1.165) is 6.42 Å². The van der Waals surface area contributed by atoms with Crippen LogP contribution in [0.15, 0.2) is 18.2 Å². The van der Waals surface area contributed by atoms with Crippen LogP contribution in [0.4, 0.5) is 4.39 Å². The molecule has 3 rings (SSSR count). The van der Waals surface area contributed by atoms with E-state index in [1.54, 1.807) is 6.07 Å². The second kappa shape index (κ2) is 7.47. The molecule has 2 aliphatic rings. The van der Waals surface area contributed by atoms with Gasteiger partial charge in [0.15, 0.2) is 0 Å². The van der Waals surface area contributed by atoms with E-state index in [9.17, 15) is 9.18 Å². The Morgan fingerprint density at radius 1 is 1.30 bits per heavy atom. The van der Waals surface area contributed by atoms with Gasteiger partial charge >= 0.3 is 0 Å². The highest BCUT2D eigenvalue weighted by Crippen LogP contribution is 2.32. The molecule has 1 fully saturated rings. The second-order valence-electron chi connectivity index (χ2n) is 5.97. The van der Waals surface area contributed by atoms with E-state index >= 15 is 0 Å². The highest BCUT2D eigenvalue weighted by atomic mass is 35.5. The van der Waals surface area contributed by atoms with Gasteiger partial charge in [-0.25, -0.2) is 4.39 Å². The largest absolute Gasteiger partial charge is 0.493 e. The first-order chi connectivity index (χ1) is 10.6. The maximum absolute atomic E-state index is 13.6. The Kier molecular flexibility index (Phi) is 5.84. The van der Waals surface area contributed by atoms with Gasteiger partial charge in [0, 0.05) is 18.8 Å². The summed E-state index contributed by atoms with van der Waals surface area (Å²) in [6, 6.07) is 4.14. The van der Waals surface area contributed by atoms with Crippen molar-refractivity contribution < 1.29 is 18.7 Å². The average molecular weight is 345 g/mol. The van der Waals surface area contributed by atoms with Crippen LogP contribution in [0.2, 0.25) is 0 Å². The quantitative estimate of drug-likeness (QED) is 0.861. The lowest BCUT2D eigenvalue weighted by Crippen LogP contribution is -2.57. The van der Waals surface area contributed by atoms with Crippen molar-refractivity contribution in [3.63, 3.8) is 0 Å². The molecule has 0 aromatic heterocycles. The van der Waals surface area contributed by atoms with Crippen LogP contribution < -0.4 is 15.8 Å². The molecule has 2 heterocycles. The van der Waals surface area contributed by atoms with Gasteiger partial charge in [0.2, 0.25) is 5.91 Å². The number of hydrogen-bond acceptors (Lipinski definition) is 4. The van der Waals surface area contributed by atoms with Crippen LogP contribution in [0, 0.1) is 5.82 Å². The van der Waals surface area contributed by atoms with Crippen LogP contribution in [-0.4, -0.2) is 31.3 Å². The zero-order valence-corrected chi connectivity index (χ0v) is 13.7. The van der Waals surface area contributed by atoms with E-state index in [1.165, 1.54) is 12.1 Å². The Morgan fingerprint density at radius 2 is 2.04 bits per heavy atom. The monoisotopic (exact) mass is 344 g/mol. The normalized spacial score (nSPS) is 22.8. The zero-order chi connectivity index (χ0) is 15.6. The third-order valence-electron chi connectivity index (χ3n) is 4.38. The van der Waals surface area contributed by atoms with Gasteiger partial charge in [-0.1, -0.05) is 0 Å². The molecule has 0 aliphatic carbocycles. The molecule has 2 aliphatic heterocycles. The summed E-state index contributed by atoms with van der Waals surface area (Å²) in [6.45, 7) is 1.54. The summed E-state index contributed by atoms with van der Waals surface area (Å²) < 4.78 is 24.4. The van der Waals surface area contributed by atoms with Gasteiger partial charge in [0.05, 0.1) is 18.2 Å². The summed E-state index contributed by atoms with van der Waals surface area (Å²) in [6.07, 6.45) is 2.49. The Morgan fingerprint density at radius 3 is 2.78 bits per heavy atom. The maximum atomic E-state index is 13.6. The van der Waals surface area contributed by atoms with E-state index in [1.807, 2.05) is 0 Å². The van der Waals surface area contributed by atoms with Crippen molar-refractivity contribution in [3.05, 3.63) is 29.6 Å². The molecular weight excluding hydrogens is 323 g/mol. The molecule has 3 N–H and O–H groups in total. The van der Waals surface area contributed by atoms with Gasteiger partial charge in [-0.3, -0.25) is 4.79 Å². The molecule has 128 valence electrons. The molecule has 0 saturated carbocycles. The number of hydrogen-bond donors (Lipinski definition) is 2. The highest BCUT2D eigenvalue weighted by molar-refractivity contribution is 5.86. The zero-order valence-electron chi connectivity index (χ0n) is 12.8. The second-order valence-corrected chi connectivity index (χ2v) is 5.97. The summed E-state index contributed by atoms with van der Waals surface area (Å²) in [5.41, 5.74) is 5.99. The number of nitrogens with two attached hydrogens (primary N) is 1. The van der Waals surface area contributed by atoms with Crippen molar-refractivity contribution in [3.8, 4) is 5.75 Å². The summed E-state index contributed by atoms with van der Waals surface area (Å²) in [4.78, 5) is 12.6. The number of benzene rings is 1. The van der Waals surface area contributed by atoms with E-state index in [4.69, 9.17) is 15.2 Å². The molecule has 23 heavy (non-hydrogen) atoms. The van der Waals surface area contributed by atoms with Gasteiger partial charge < -0.3 is 20.5 Å². The molecule has 0 spiro atoms. The molecule has 1 unspecified atom stereocenters. The van der Waals surface area contributed by atoms with Crippen LogP contribution in [0.25, 0.3) is 0 Å². The number of carbonyl (C=O) groups excluding carboxylic acids is 1. The van der Waals surface area contributed by atoms with Crippen molar-refractivity contribution in [2.24, 2.45) is 5.73 Å². The minimum Gasteiger partial charge on any atom is -0.493 e. The van der Waals surface area contributed by atoms with Crippen LogP contribution >= 0.6 is 12.4 Å². The standard InChI is InChI=1S/C16H21FN2O3.ClH/c17-11-3-4-14-12(10-11)13(2-1-7-22-14)19-15(20)16(18)5-8-21-9-6-16;/h3-4,10,13H,1-2,5-9,18H2,(H,19,20);1H. The SMILES string of the molecule is Cl.NC1(C(=O)NC2CCCOc3ccc(F)cc32)CCOCC1. The minimum absolute atomic E-state index is 0. The van der Waals surface area contributed by atoms with Crippen LogP contribution in [0.3, 0.4) is 0 Å². The van der Waals surface area contributed by atoms with E-state index in [0.29, 0.717) is 50.4 Å². The number of halogens is 2. The number of rotatable bonds is 2. The number of nitrogens with one attached hydrogen (secondary N) is 1. The third-order valence-corrected chi connectivity index (χ3v) is 4.38. The molecule has 1 aromatic rings. The lowest BCUT2D eigenvalue weighted by Gasteiger charge is -2.33. The van der Waals surface area contributed by atoms with Crippen LogP contribution in [0.1, 0.15) is 37.3 Å². The fourth-order valence-electron chi connectivity index (χ4n) is 2.96. The predicted molar refractivity (Wildman–Crippen MR) is 86.2 cm³/mol. The van der Waals surface area contributed by atoms with Gasteiger partial charge in [0.25, 0.3) is 0 Å². The van der Waals surface area contributed by atoms with Crippen LogP contribution in [-0.2, 0) is 9.53 Å². The van der Waals surface area contributed by atoms with Crippen molar-refractivity contribution >= 4 is 18.3 Å². The Labute approximate surface area is 141 Å². The topological polar surface area (TPSA) is 73.6 Å². The molecule has 0 radical (unpaired) electrons.